The number of hydrogen-bond acceptors (Lipinski definition) is 5. The molecule has 116 valence electrons. The lowest BCUT2D eigenvalue weighted by Crippen LogP contribution is -2.51. The molecule has 2 heterocycles. The first-order chi connectivity index (χ1) is 9.66. The van der Waals surface area contributed by atoms with Crippen LogP contribution in [0.4, 0.5) is 0 Å². The molecular formula is C14H26N2O4. The van der Waals surface area contributed by atoms with Gasteiger partial charge in [0.1, 0.15) is 12.2 Å². The van der Waals surface area contributed by atoms with Crippen LogP contribution in [0.25, 0.3) is 0 Å². The van der Waals surface area contributed by atoms with E-state index in [2.05, 4.69) is 5.32 Å². The Morgan fingerprint density at radius 3 is 2.15 bits per heavy atom. The molecule has 2 unspecified atom stereocenters. The van der Waals surface area contributed by atoms with E-state index in [1.165, 1.54) is 0 Å². The van der Waals surface area contributed by atoms with E-state index in [4.69, 9.17) is 14.2 Å². The number of rotatable bonds is 5. The third-order valence-corrected chi connectivity index (χ3v) is 4.54. The second-order valence-electron chi connectivity index (χ2n) is 5.72. The van der Waals surface area contributed by atoms with Gasteiger partial charge in [0.05, 0.1) is 12.0 Å². The summed E-state index contributed by atoms with van der Waals surface area (Å²) >= 11 is 0. The number of carbonyl (C=O) groups is 1. The van der Waals surface area contributed by atoms with E-state index >= 15 is 0 Å². The van der Waals surface area contributed by atoms with Crippen LogP contribution in [-0.2, 0) is 19.0 Å². The van der Waals surface area contributed by atoms with Gasteiger partial charge in [-0.05, 0) is 25.9 Å². The average Bonchev–Trinajstić information content (AvgIpc) is 2.91. The molecule has 2 aliphatic heterocycles. The van der Waals surface area contributed by atoms with Crippen molar-refractivity contribution >= 4 is 5.91 Å². The lowest BCUT2D eigenvalue weighted by molar-refractivity contribution is -0.147. The Morgan fingerprint density at radius 2 is 1.70 bits per heavy atom. The molecule has 1 amide bonds. The van der Waals surface area contributed by atoms with Crippen molar-refractivity contribution in [1.29, 1.82) is 0 Å². The van der Waals surface area contributed by atoms with Crippen molar-refractivity contribution < 1.29 is 19.0 Å². The molecule has 0 saturated carbocycles. The second-order valence-corrected chi connectivity index (χ2v) is 5.72. The van der Waals surface area contributed by atoms with Crippen LogP contribution in [0.1, 0.15) is 12.8 Å². The first-order valence-electron chi connectivity index (χ1n) is 7.21. The van der Waals surface area contributed by atoms with Gasteiger partial charge in [-0.15, -0.1) is 0 Å². The molecule has 2 fully saturated rings. The smallest absolute Gasteiger partial charge is 0.231 e. The van der Waals surface area contributed by atoms with Crippen LogP contribution in [0, 0.1) is 5.41 Å². The van der Waals surface area contributed by atoms with Gasteiger partial charge < -0.3 is 24.4 Å². The van der Waals surface area contributed by atoms with Crippen molar-refractivity contribution in [3.05, 3.63) is 0 Å². The Hall–Kier alpha value is -0.690. The van der Waals surface area contributed by atoms with Crippen LogP contribution in [0.2, 0.25) is 0 Å². The summed E-state index contributed by atoms with van der Waals surface area (Å²) in [5.74, 6) is 0.183. The molecule has 0 radical (unpaired) electrons. The summed E-state index contributed by atoms with van der Waals surface area (Å²) in [6.07, 6.45) is 1.58. The van der Waals surface area contributed by atoms with E-state index in [-0.39, 0.29) is 23.5 Å². The Bertz CT molecular complexity index is 314. The molecule has 1 N–H and O–H groups in total. The van der Waals surface area contributed by atoms with Gasteiger partial charge in [-0.2, -0.15) is 0 Å². The Balaban J connectivity index is 2.08. The molecule has 2 aliphatic rings. The normalized spacial score (nSPS) is 29.6. The van der Waals surface area contributed by atoms with E-state index < -0.39 is 0 Å². The minimum atomic E-state index is -0.388. The van der Waals surface area contributed by atoms with Crippen LogP contribution in [0.5, 0.6) is 0 Å². The predicted molar refractivity (Wildman–Crippen MR) is 74.6 cm³/mol. The van der Waals surface area contributed by atoms with Gasteiger partial charge in [-0.25, -0.2) is 0 Å². The highest BCUT2D eigenvalue weighted by molar-refractivity contribution is 5.83. The number of methoxy groups -OCH3 is 3. The fourth-order valence-electron chi connectivity index (χ4n) is 3.30. The Morgan fingerprint density at radius 1 is 1.15 bits per heavy atom. The van der Waals surface area contributed by atoms with Gasteiger partial charge in [0, 0.05) is 34.4 Å². The maximum absolute atomic E-state index is 12.9. The average molecular weight is 286 g/mol. The molecule has 0 aromatic carbocycles. The molecule has 0 aromatic heterocycles. The van der Waals surface area contributed by atoms with Crippen molar-refractivity contribution in [2.75, 3.05) is 54.1 Å². The lowest BCUT2D eigenvalue weighted by Gasteiger charge is -2.38. The summed E-state index contributed by atoms with van der Waals surface area (Å²) in [6.45, 7) is 3.42. The molecule has 0 aromatic rings. The minimum Gasteiger partial charge on any atom is -0.384 e. The maximum atomic E-state index is 12.9. The monoisotopic (exact) mass is 286 g/mol. The molecule has 20 heavy (non-hydrogen) atoms. The third-order valence-electron chi connectivity index (χ3n) is 4.54. The Labute approximate surface area is 120 Å². The largest absolute Gasteiger partial charge is 0.384 e. The van der Waals surface area contributed by atoms with Gasteiger partial charge in [-0.3, -0.25) is 4.79 Å². The van der Waals surface area contributed by atoms with E-state index in [9.17, 15) is 4.79 Å². The van der Waals surface area contributed by atoms with Crippen LogP contribution >= 0.6 is 0 Å². The van der Waals surface area contributed by atoms with Crippen LogP contribution in [-0.4, -0.2) is 77.1 Å². The van der Waals surface area contributed by atoms with Crippen LogP contribution in [0.3, 0.4) is 0 Å². The molecule has 2 rings (SSSR count). The SMILES string of the molecule is COCC1(C(=O)N2CC(OC)C(OC)C2)CCNCC1. The molecule has 2 saturated heterocycles. The lowest BCUT2D eigenvalue weighted by atomic mass is 9.78. The van der Waals surface area contributed by atoms with Gasteiger partial charge >= 0.3 is 0 Å². The summed E-state index contributed by atoms with van der Waals surface area (Å²) in [5.41, 5.74) is -0.388. The molecular weight excluding hydrogens is 260 g/mol. The summed E-state index contributed by atoms with van der Waals surface area (Å²) < 4.78 is 16.2. The van der Waals surface area contributed by atoms with Gasteiger partial charge in [0.2, 0.25) is 5.91 Å². The summed E-state index contributed by atoms with van der Waals surface area (Å²) in [7, 11) is 5.00. The summed E-state index contributed by atoms with van der Waals surface area (Å²) in [6, 6.07) is 0. The van der Waals surface area contributed by atoms with Crippen molar-refractivity contribution in [3.8, 4) is 0 Å². The standard InChI is InChI=1S/C14H26N2O4/c1-18-10-14(4-6-15-7-5-14)13(17)16-8-11(19-2)12(9-16)20-3/h11-12,15H,4-10H2,1-3H3. The number of nitrogens with one attached hydrogen (secondary N) is 1. The maximum Gasteiger partial charge on any atom is 0.231 e. The highest BCUT2D eigenvalue weighted by Gasteiger charge is 2.46. The molecule has 0 spiro atoms. The zero-order valence-corrected chi connectivity index (χ0v) is 12.7. The highest BCUT2D eigenvalue weighted by Crippen LogP contribution is 2.33. The fraction of sp³-hybridized carbons (Fsp3) is 0.929. The minimum absolute atomic E-state index is 0.0368. The number of piperidine rings is 1. The van der Waals surface area contributed by atoms with Crippen molar-refractivity contribution in [2.24, 2.45) is 5.41 Å². The van der Waals surface area contributed by atoms with E-state index in [0.29, 0.717) is 19.7 Å². The summed E-state index contributed by atoms with van der Waals surface area (Å²) in [5, 5.41) is 3.31. The van der Waals surface area contributed by atoms with Gasteiger partial charge in [0.15, 0.2) is 0 Å². The van der Waals surface area contributed by atoms with E-state index in [0.717, 1.165) is 25.9 Å². The predicted octanol–water partition coefficient (Wildman–Crippen LogP) is -0.125. The van der Waals surface area contributed by atoms with Crippen molar-refractivity contribution in [3.63, 3.8) is 0 Å². The zero-order chi connectivity index (χ0) is 14.6. The fourth-order valence-corrected chi connectivity index (χ4v) is 3.30. The number of hydrogen-bond donors (Lipinski definition) is 1. The Kier molecular flexibility index (Phi) is 5.37. The number of amides is 1. The molecule has 2 atom stereocenters. The second kappa shape index (κ2) is 6.85. The zero-order valence-electron chi connectivity index (χ0n) is 12.7. The van der Waals surface area contributed by atoms with Gasteiger partial charge in [0.25, 0.3) is 0 Å². The van der Waals surface area contributed by atoms with Gasteiger partial charge in [-0.1, -0.05) is 0 Å². The summed E-state index contributed by atoms with van der Waals surface area (Å²) in [4.78, 5) is 14.8. The molecule has 0 aliphatic carbocycles. The van der Waals surface area contributed by atoms with Crippen molar-refractivity contribution in [1.82, 2.24) is 10.2 Å². The first-order valence-corrected chi connectivity index (χ1v) is 7.21. The van der Waals surface area contributed by atoms with Crippen molar-refractivity contribution in [2.45, 2.75) is 25.0 Å². The highest BCUT2D eigenvalue weighted by atomic mass is 16.5. The van der Waals surface area contributed by atoms with Crippen LogP contribution < -0.4 is 5.32 Å². The third kappa shape index (κ3) is 2.98. The van der Waals surface area contributed by atoms with E-state index in [1.54, 1.807) is 21.3 Å². The van der Waals surface area contributed by atoms with Crippen LogP contribution in [0.15, 0.2) is 0 Å². The topological polar surface area (TPSA) is 60.0 Å². The first kappa shape index (κ1) is 15.7. The number of nitrogens with zero attached hydrogens (tertiary/aromatic N) is 1. The number of carbonyl (C=O) groups excluding carboxylic acids is 1. The number of ether oxygens (including phenoxy) is 3. The van der Waals surface area contributed by atoms with E-state index in [1.807, 2.05) is 4.90 Å². The quantitative estimate of drug-likeness (QED) is 0.763. The molecule has 6 heteroatoms. The molecule has 6 nitrogen and oxygen atoms in total. The molecule has 0 bridgehead atoms. The number of likely N-dealkylation sites (tertiary alicyclic amines) is 1.